The number of rotatable bonds is 2. The number of nitrogens with zero attached hydrogens (tertiary/aromatic N) is 2. The molecule has 0 spiro atoms. The highest BCUT2D eigenvalue weighted by Crippen LogP contribution is 2.26. The molecule has 15 heavy (non-hydrogen) atoms. The van der Waals surface area contributed by atoms with Crippen molar-refractivity contribution in [2.24, 2.45) is 0 Å². The molecular weight excluding hydrogens is 307 g/mol. The van der Waals surface area contributed by atoms with E-state index in [0.29, 0.717) is 5.75 Å². The molecule has 2 rings (SSSR count). The van der Waals surface area contributed by atoms with Crippen LogP contribution < -0.4 is 4.74 Å². The van der Waals surface area contributed by atoms with Gasteiger partial charge in [-0.2, -0.15) is 5.10 Å². The van der Waals surface area contributed by atoms with Crippen LogP contribution in [-0.4, -0.2) is 22.0 Å². The van der Waals surface area contributed by atoms with Gasteiger partial charge in [-0.05, 0) is 34.7 Å². The van der Waals surface area contributed by atoms with Crippen molar-refractivity contribution in [3.8, 4) is 17.2 Å². The topological polar surface area (TPSA) is 47.3 Å². The monoisotopic (exact) mass is 316 g/mol. The highest BCUT2D eigenvalue weighted by atomic mass is 127. The lowest BCUT2D eigenvalue weighted by Gasteiger charge is -2.08. The Morgan fingerprint density at radius 1 is 1.47 bits per heavy atom. The van der Waals surface area contributed by atoms with Crippen LogP contribution in [-0.2, 0) is 0 Å². The lowest BCUT2D eigenvalue weighted by molar-refractivity contribution is 0.409. The third-order valence-electron chi connectivity index (χ3n) is 1.96. The van der Waals surface area contributed by atoms with Gasteiger partial charge in [-0.15, -0.1) is 0 Å². The van der Waals surface area contributed by atoms with Crippen LogP contribution in [0, 0.1) is 3.57 Å². The summed E-state index contributed by atoms with van der Waals surface area (Å²) in [6.07, 6.45) is 3.60. The zero-order valence-corrected chi connectivity index (χ0v) is 10.2. The van der Waals surface area contributed by atoms with Crippen molar-refractivity contribution in [2.75, 3.05) is 7.11 Å². The highest BCUT2D eigenvalue weighted by molar-refractivity contribution is 14.1. The summed E-state index contributed by atoms with van der Waals surface area (Å²) in [7, 11) is 1.59. The van der Waals surface area contributed by atoms with Crippen molar-refractivity contribution in [3.05, 3.63) is 34.2 Å². The summed E-state index contributed by atoms with van der Waals surface area (Å²) in [6, 6.07) is 4.90. The van der Waals surface area contributed by atoms with Gasteiger partial charge >= 0.3 is 0 Å². The van der Waals surface area contributed by atoms with E-state index in [0.717, 1.165) is 9.26 Å². The number of hydrogen-bond donors (Lipinski definition) is 1. The van der Waals surface area contributed by atoms with Crippen LogP contribution in [0.2, 0.25) is 0 Å². The number of aromatic hydroxyl groups is 1. The maximum atomic E-state index is 9.40. The largest absolute Gasteiger partial charge is 0.508 e. The molecule has 0 fully saturated rings. The quantitative estimate of drug-likeness (QED) is 0.864. The molecule has 0 radical (unpaired) electrons. The van der Waals surface area contributed by atoms with E-state index in [1.165, 1.54) is 0 Å². The van der Waals surface area contributed by atoms with E-state index < -0.39 is 0 Å². The molecule has 4 nitrogen and oxygen atoms in total. The first-order valence-corrected chi connectivity index (χ1v) is 5.36. The number of phenolic OH excluding ortho intramolecular Hbond substituents is 1. The molecule has 1 aromatic carbocycles. The molecule has 0 aliphatic rings. The molecule has 1 aromatic heterocycles. The summed E-state index contributed by atoms with van der Waals surface area (Å²) in [6.45, 7) is 0. The maximum absolute atomic E-state index is 9.40. The number of benzene rings is 1. The Hall–Kier alpha value is -1.24. The van der Waals surface area contributed by atoms with Gasteiger partial charge in [-0.1, -0.05) is 0 Å². The van der Waals surface area contributed by atoms with Crippen LogP contribution in [0.5, 0.6) is 11.5 Å². The van der Waals surface area contributed by atoms with E-state index in [1.807, 2.05) is 6.20 Å². The standard InChI is InChI=1S/C10H9IN2O2/c1-15-10-3-2-8(14)4-9(10)13-6-7(11)5-12-13/h2-6,14H,1H3. The Balaban J connectivity index is 2.55. The minimum Gasteiger partial charge on any atom is -0.508 e. The Morgan fingerprint density at radius 2 is 2.27 bits per heavy atom. The number of ether oxygens (including phenoxy) is 1. The Kier molecular flexibility index (Phi) is 2.81. The number of aromatic nitrogens is 2. The highest BCUT2D eigenvalue weighted by Gasteiger charge is 2.07. The normalized spacial score (nSPS) is 10.3. The summed E-state index contributed by atoms with van der Waals surface area (Å²) < 4.78 is 7.88. The van der Waals surface area contributed by atoms with E-state index in [9.17, 15) is 5.11 Å². The number of methoxy groups -OCH3 is 1. The van der Waals surface area contributed by atoms with Gasteiger partial charge in [0.15, 0.2) is 0 Å². The molecule has 0 saturated heterocycles. The number of phenols is 1. The molecule has 1 N–H and O–H groups in total. The Bertz CT molecular complexity index is 482. The smallest absolute Gasteiger partial charge is 0.144 e. The van der Waals surface area contributed by atoms with Crippen molar-refractivity contribution in [1.29, 1.82) is 0 Å². The van der Waals surface area contributed by atoms with Crippen molar-refractivity contribution in [2.45, 2.75) is 0 Å². The molecule has 0 amide bonds. The van der Waals surface area contributed by atoms with Gasteiger partial charge in [0.25, 0.3) is 0 Å². The summed E-state index contributed by atoms with van der Waals surface area (Å²) >= 11 is 2.17. The summed E-state index contributed by atoms with van der Waals surface area (Å²) in [5.74, 6) is 0.864. The minimum absolute atomic E-state index is 0.191. The lowest BCUT2D eigenvalue weighted by atomic mass is 10.3. The molecule has 2 aromatic rings. The van der Waals surface area contributed by atoms with Crippen LogP contribution in [0.4, 0.5) is 0 Å². The summed E-state index contributed by atoms with van der Waals surface area (Å²) in [5.41, 5.74) is 0.723. The first kappa shape index (κ1) is 10.3. The SMILES string of the molecule is COc1ccc(O)cc1-n1cc(I)cn1. The summed E-state index contributed by atoms with van der Waals surface area (Å²) in [5, 5.41) is 13.6. The second-order valence-electron chi connectivity index (χ2n) is 2.96. The van der Waals surface area contributed by atoms with E-state index in [-0.39, 0.29) is 5.75 Å². The van der Waals surface area contributed by atoms with E-state index in [1.54, 1.807) is 36.2 Å². The molecule has 0 atom stereocenters. The van der Waals surface area contributed by atoms with Crippen LogP contribution in [0.15, 0.2) is 30.6 Å². The van der Waals surface area contributed by atoms with Crippen LogP contribution in [0.1, 0.15) is 0 Å². The predicted molar refractivity (Wildman–Crippen MR) is 64.5 cm³/mol. The number of hydrogen-bond acceptors (Lipinski definition) is 3. The van der Waals surface area contributed by atoms with E-state index in [4.69, 9.17) is 4.74 Å². The van der Waals surface area contributed by atoms with Crippen LogP contribution in [0.25, 0.3) is 5.69 Å². The third-order valence-corrected chi connectivity index (χ3v) is 2.52. The first-order chi connectivity index (χ1) is 7.20. The summed E-state index contributed by atoms with van der Waals surface area (Å²) in [4.78, 5) is 0. The lowest BCUT2D eigenvalue weighted by Crippen LogP contribution is -1.97. The molecule has 0 bridgehead atoms. The fourth-order valence-electron chi connectivity index (χ4n) is 1.29. The average molecular weight is 316 g/mol. The number of halogens is 1. The molecule has 1 heterocycles. The molecule has 0 unspecified atom stereocenters. The van der Waals surface area contributed by atoms with Crippen molar-refractivity contribution >= 4 is 22.6 Å². The first-order valence-electron chi connectivity index (χ1n) is 4.28. The van der Waals surface area contributed by atoms with Gasteiger partial charge < -0.3 is 9.84 Å². The third kappa shape index (κ3) is 2.06. The molecule has 5 heteroatoms. The van der Waals surface area contributed by atoms with Gasteiger partial charge in [0.1, 0.15) is 17.2 Å². The van der Waals surface area contributed by atoms with E-state index in [2.05, 4.69) is 27.7 Å². The molecule has 0 saturated carbocycles. The van der Waals surface area contributed by atoms with Crippen LogP contribution in [0.3, 0.4) is 0 Å². The Labute approximate surface area is 101 Å². The second kappa shape index (κ2) is 4.09. The molecule has 0 aliphatic heterocycles. The van der Waals surface area contributed by atoms with Gasteiger partial charge in [0.05, 0.1) is 16.9 Å². The predicted octanol–water partition coefficient (Wildman–Crippen LogP) is 2.19. The van der Waals surface area contributed by atoms with Crippen molar-refractivity contribution < 1.29 is 9.84 Å². The van der Waals surface area contributed by atoms with Crippen molar-refractivity contribution in [1.82, 2.24) is 9.78 Å². The fraction of sp³-hybridized carbons (Fsp3) is 0.100. The van der Waals surface area contributed by atoms with Gasteiger partial charge in [0.2, 0.25) is 0 Å². The van der Waals surface area contributed by atoms with Gasteiger partial charge in [-0.3, -0.25) is 0 Å². The fourth-order valence-corrected chi connectivity index (χ4v) is 1.68. The average Bonchev–Trinajstić information content (AvgIpc) is 2.65. The van der Waals surface area contributed by atoms with Gasteiger partial charge in [0, 0.05) is 12.3 Å². The second-order valence-corrected chi connectivity index (χ2v) is 4.20. The van der Waals surface area contributed by atoms with E-state index >= 15 is 0 Å². The molecule has 0 aliphatic carbocycles. The minimum atomic E-state index is 0.191. The maximum Gasteiger partial charge on any atom is 0.144 e. The zero-order valence-electron chi connectivity index (χ0n) is 8.01. The van der Waals surface area contributed by atoms with Gasteiger partial charge in [-0.25, -0.2) is 4.68 Å². The molecular formula is C10H9IN2O2. The van der Waals surface area contributed by atoms with Crippen LogP contribution >= 0.6 is 22.6 Å². The van der Waals surface area contributed by atoms with Crippen molar-refractivity contribution in [3.63, 3.8) is 0 Å². The zero-order chi connectivity index (χ0) is 10.8. The Morgan fingerprint density at radius 3 is 2.87 bits per heavy atom. The molecule has 78 valence electrons.